The molecule has 0 aromatic carbocycles. The highest BCUT2D eigenvalue weighted by molar-refractivity contribution is 5.88. The van der Waals surface area contributed by atoms with Crippen molar-refractivity contribution >= 4 is 11.6 Å². The Kier molecular flexibility index (Phi) is 1.63. The number of fused-ring (bicyclic) bond motifs is 1. The lowest BCUT2D eigenvalue weighted by atomic mass is 10.3. The summed E-state index contributed by atoms with van der Waals surface area (Å²) in [5, 5.41) is 11.3. The van der Waals surface area contributed by atoms with Gasteiger partial charge in [0.2, 0.25) is 11.1 Å². The van der Waals surface area contributed by atoms with Gasteiger partial charge in [0.25, 0.3) is 0 Å². The first-order chi connectivity index (χ1) is 6.59. The quantitative estimate of drug-likeness (QED) is 0.668. The Morgan fingerprint density at radius 3 is 3.00 bits per heavy atom. The first-order valence-corrected chi connectivity index (χ1v) is 3.90. The molecule has 0 aliphatic carbocycles. The number of carboxylic acids is 1. The number of imidazole rings is 1. The summed E-state index contributed by atoms with van der Waals surface area (Å²) in [6.07, 6.45) is 2.77. The van der Waals surface area contributed by atoms with E-state index in [4.69, 9.17) is 5.11 Å². The monoisotopic (exact) mass is 193 g/mol. The van der Waals surface area contributed by atoms with Crippen LogP contribution in [0.5, 0.6) is 0 Å². The second kappa shape index (κ2) is 2.69. The summed E-state index contributed by atoms with van der Waals surface area (Å²) in [4.78, 5) is 26.0. The Morgan fingerprint density at radius 2 is 2.36 bits per heavy atom. The van der Waals surface area contributed by atoms with E-state index in [0.717, 1.165) is 6.20 Å². The molecule has 0 radical (unpaired) electrons. The van der Waals surface area contributed by atoms with E-state index in [1.807, 2.05) is 0 Å². The molecule has 0 atom stereocenters. The van der Waals surface area contributed by atoms with Gasteiger partial charge < -0.3 is 5.11 Å². The van der Waals surface area contributed by atoms with Crippen LogP contribution in [0.4, 0.5) is 0 Å². The van der Waals surface area contributed by atoms with Crippen molar-refractivity contribution in [3.05, 3.63) is 33.9 Å². The molecule has 0 unspecified atom stereocenters. The molecule has 0 saturated carbocycles. The minimum atomic E-state index is -1.26. The van der Waals surface area contributed by atoms with Gasteiger partial charge in [-0.2, -0.15) is 0 Å². The summed E-state index contributed by atoms with van der Waals surface area (Å²) < 4.78 is 1.39. The maximum absolute atomic E-state index is 11.5. The van der Waals surface area contributed by atoms with Crippen LogP contribution in [0.1, 0.15) is 16.1 Å². The summed E-state index contributed by atoms with van der Waals surface area (Å²) >= 11 is 0. The lowest BCUT2D eigenvalue weighted by Crippen LogP contribution is -2.18. The van der Waals surface area contributed by atoms with Crippen molar-refractivity contribution in [2.75, 3.05) is 0 Å². The molecule has 2 rings (SSSR count). The molecule has 2 aromatic rings. The van der Waals surface area contributed by atoms with Gasteiger partial charge in [-0.05, 0) is 6.92 Å². The molecule has 2 aromatic heterocycles. The highest BCUT2D eigenvalue weighted by Gasteiger charge is 2.12. The van der Waals surface area contributed by atoms with Crippen molar-refractivity contribution in [3.8, 4) is 0 Å². The van der Waals surface area contributed by atoms with Crippen molar-refractivity contribution in [1.29, 1.82) is 0 Å². The number of hydrogen-bond donors (Lipinski definition) is 2. The summed E-state index contributed by atoms with van der Waals surface area (Å²) in [7, 11) is 0. The van der Waals surface area contributed by atoms with E-state index in [1.54, 1.807) is 13.1 Å². The van der Waals surface area contributed by atoms with Crippen LogP contribution < -0.4 is 5.43 Å². The Balaban J connectivity index is 2.88. The van der Waals surface area contributed by atoms with Crippen LogP contribution in [0.3, 0.4) is 0 Å². The van der Waals surface area contributed by atoms with Gasteiger partial charge >= 0.3 is 5.97 Å². The number of rotatable bonds is 1. The zero-order valence-corrected chi connectivity index (χ0v) is 7.31. The Labute approximate surface area is 77.8 Å². The lowest BCUT2D eigenvalue weighted by molar-refractivity contribution is 0.0695. The number of aryl methyl sites for hydroxylation is 1. The molecule has 14 heavy (non-hydrogen) atoms. The zero-order chi connectivity index (χ0) is 10.3. The average Bonchev–Trinajstić information content (AvgIpc) is 2.46. The van der Waals surface area contributed by atoms with Crippen LogP contribution in [0.2, 0.25) is 0 Å². The fourth-order valence-electron chi connectivity index (χ4n) is 1.24. The molecule has 6 heteroatoms. The molecule has 72 valence electrons. The number of H-pyrrole nitrogens is 1. The number of carboxylic acid groups (broad SMARTS) is 1. The SMILES string of the molecule is Cc1cn2[nH]cc(C(=O)O)c(=O)c2n1. The first kappa shape index (κ1) is 8.49. The molecule has 0 spiro atoms. The van der Waals surface area contributed by atoms with Crippen LogP contribution in [0, 0.1) is 6.92 Å². The number of nitrogens with one attached hydrogen (secondary N) is 1. The van der Waals surface area contributed by atoms with Crippen LogP contribution in [-0.2, 0) is 0 Å². The average molecular weight is 193 g/mol. The van der Waals surface area contributed by atoms with E-state index in [2.05, 4.69) is 10.1 Å². The fraction of sp³-hybridized carbons (Fsp3) is 0.125. The van der Waals surface area contributed by atoms with Gasteiger partial charge in [-0.15, -0.1) is 0 Å². The molecule has 6 nitrogen and oxygen atoms in total. The number of aromatic amines is 1. The van der Waals surface area contributed by atoms with Crippen molar-refractivity contribution in [2.24, 2.45) is 0 Å². The first-order valence-electron chi connectivity index (χ1n) is 3.90. The fourth-order valence-corrected chi connectivity index (χ4v) is 1.24. The highest BCUT2D eigenvalue weighted by Crippen LogP contribution is 1.98. The van der Waals surface area contributed by atoms with Crippen LogP contribution in [-0.4, -0.2) is 25.7 Å². The van der Waals surface area contributed by atoms with Gasteiger partial charge in [0.15, 0.2) is 0 Å². The second-order valence-corrected chi connectivity index (χ2v) is 2.90. The number of nitrogens with zero attached hydrogens (tertiary/aromatic N) is 2. The maximum atomic E-state index is 11.5. The number of aromatic carboxylic acids is 1. The molecule has 0 fully saturated rings. The Bertz CT molecular complexity index is 567. The van der Waals surface area contributed by atoms with Crippen molar-refractivity contribution in [3.63, 3.8) is 0 Å². The summed E-state index contributed by atoms with van der Waals surface area (Å²) in [6.45, 7) is 1.72. The lowest BCUT2D eigenvalue weighted by Gasteiger charge is -1.94. The minimum absolute atomic E-state index is 0.0994. The molecule has 0 aliphatic rings. The molecule has 0 aliphatic heterocycles. The van der Waals surface area contributed by atoms with Gasteiger partial charge in [-0.1, -0.05) is 0 Å². The number of hydrogen-bond acceptors (Lipinski definition) is 3. The minimum Gasteiger partial charge on any atom is -0.477 e. The van der Waals surface area contributed by atoms with Crippen molar-refractivity contribution < 1.29 is 9.90 Å². The van der Waals surface area contributed by atoms with E-state index in [-0.39, 0.29) is 11.2 Å². The van der Waals surface area contributed by atoms with E-state index in [0.29, 0.717) is 5.69 Å². The third kappa shape index (κ3) is 1.08. The van der Waals surface area contributed by atoms with Crippen molar-refractivity contribution in [1.82, 2.24) is 14.6 Å². The number of carbonyl (C=O) groups is 1. The molecule has 0 amide bonds. The molecule has 0 bridgehead atoms. The van der Waals surface area contributed by atoms with Gasteiger partial charge in [0.05, 0.1) is 11.9 Å². The predicted octanol–water partition coefficient (Wildman–Crippen LogP) is 0.0292. The highest BCUT2D eigenvalue weighted by atomic mass is 16.4. The predicted molar refractivity (Wildman–Crippen MR) is 47.5 cm³/mol. The largest absolute Gasteiger partial charge is 0.477 e. The summed E-state index contributed by atoms with van der Waals surface area (Å²) in [5.74, 6) is -1.26. The normalized spacial score (nSPS) is 10.6. The van der Waals surface area contributed by atoms with Gasteiger partial charge in [-0.25, -0.2) is 14.3 Å². The number of aromatic nitrogens is 3. The van der Waals surface area contributed by atoms with Crippen LogP contribution >= 0.6 is 0 Å². The zero-order valence-electron chi connectivity index (χ0n) is 7.31. The summed E-state index contributed by atoms with van der Waals surface area (Å²) in [6, 6.07) is 0. The van der Waals surface area contributed by atoms with E-state index in [1.165, 1.54) is 4.52 Å². The topological polar surface area (TPSA) is 87.5 Å². The standard InChI is InChI=1S/C8H7N3O3/c1-4-3-11-7(10-4)6(12)5(2-9-11)8(13)14/h2-3,9H,1H3,(H,13,14). The van der Waals surface area contributed by atoms with Crippen LogP contribution in [0.15, 0.2) is 17.2 Å². The maximum Gasteiger partial charge on any atom is 0.341 e. The third-order valence-corrected chi connectivity index (χ3v) is 1.85. The molecule has 2 heterocycles. The van der Waals surface area contributed by atoms with Crippen LogP contribution in [0.25, 0.3) is 5.65 Å². The Morgan fingerprint density at radius 1 is 1.64 bits per heavy atom. The molecular formula is C8H7N3O3. The Hall–Kier alpha value is -2.11. The van der Waals surface area contributed by atoms with E-state index < -0.39 is 11.4 Å². The molecule has 2 N–H and O–H groups in total. The van der Waals surface area contributed by atoms with E-state index >= 15 is 0 Å². The van der Waals surface area contributed by atoms with Gasteiger partial charge in [-0.3, -0.25) is 9.89 Å². The third-order valence-electron chi connectivity index (χ3n) is 1.85. The smallest absolute Gasteiger partial charge is 0.341 e. The van der Waals surface area contributed by atoms with Gasteiger partial charge in [0, 0.05) is 6.20 Å². The van der Waals surface area contributed by atoms with Gasteiger partial charge in [0.1, 0.15) is 5.56 Å². The van der Waals surface area contributed by atoms with Crippen molar-refractivity contribution in [2.45, 2.75) is 6.92 Å². The van der Waals surface area contributed by atoms with E-state index in [9.17, 15) is 9.59 Å². The summed E-state index contributed by atoms with van der Waals surface area (Å²) in [5.41, 5.74) is -0.129. The molecule has 0 saturated heterocycles. The second-order valence-electron chi connectivity index (χ2n) is 2.90. The molecular weight excluding hydrogens is 186 g/mol.